The summed E-state index contributed by atoms with van der Waals surface area (Å²) in [6, 6.07) is 20.6. The summed E-state index contributed by atoms with van der Waals surface area (Å²) in [5, 5.41) is 11.6. The number of pyridine rings is 1. The Morgan fingerprint density at radius 1 is 1.03 bits per heavy atom. The zero-order valence-corrected chi connectivity index (χ0v) is 18.3. The molecule has 0 amide bonds. The van der Waals surface area contributed by atoms with Crippen molar-refractivity contribution in [3.63, 3.8) is 0 Å². The topological polar surface area (TPSA) is 47.3 Å². The lowest BCUT2D eigenvalue weighted by molar-refractivity contribution is 0.414. The van der Waals surface area contributed by atoms with Crippen LogP contribution in [0.3, 0.4) is 0 Å². The number of halogens is 1. The van der Waals surface area contributed by atoms with Gasteiger partial charge in [0.2, 0.25) is 5.88 Å². The summed E-state index contributed by atoms with van der Waals surface area (Å²) < 4.78 is 7.37. The minimum atomic E-state index is 0.0708. The van der Waals surface area contributed by atoms with Gasteiger partial charge >= 0.3 is 0 Å². The summed E-state index contributed by atoms with van der Waals surface area (Å²) in [5.41, 5.74) is 3.22. The predicted molar refractivity (Wildman–Crippen MR) is 126 cm³/mol. The van der Waals surface area contributed by atoms with Gasteiger partial charge in [0, 0.05) is 5.02 Å². The number of hydrogen-bond donors (Lipinski definition) is 1. The number of hydrogen-bond acceptors (Lipinski definition) is 5. The van der Waals surface area contributed by atoms with Crippen LogP contribution in [0.2, 0.25) is 5.02 Å². The summed E-state index contributed by atoms with van der Waals surface area (Å²) in [5.74, 6) is 0.809. The predicted octanol–water partition coefficient (Wildman–Crippen LogP) is 6.87. The van der Waals surface area contributed by atoms with Crippen molar-refractivity contribution in [1.29, 1.82) is 0 Å². The Balaban J connectivity index is 1.67. The number of methoxy groups -OCH3 is 1. The van der Waals surface area contributed by atoms with Crippen LogP contribution in [0.1, 0.15) is 11.3 Å². The first-order valence-corrected chi connectivity index (χ1v) is 10.7. The molecule has 0 saturated heterocycles. The lowest BCUT2D eigenvalue weighted by atomic mass is 10.2. The van der Waals surface area contributed by atoms with E-state index in [-0.39, 0.29) is 5.88 Å². The first-order chi connectivity index (χ1) is 14.5. The fourth-order valence-corrected chi connectivity index (χ4v) is 4.35. The normalized spacial score (nSPS) is 11.1. The van der Waals surface area contributed by atoms with Crippen molar-refractivity contribution in [2.75, 3.05) is 7.11 Å². The fraction of sp³-hybridized carbons (Fsp3) is 0.0435. The van der Waals surface area contributed by atoms with E-state index in [0.717, 1.165) is 22.7 Å². The highest BCUT2D eigenvalue weighted by molar-refractivity contribution is 7.73. The van der Waals surface area contributed by atoms with Crippen molar-refractivity contribution in [1.82, 2.24) is 9.55 Å². The Bertz CT molecular complexity index is 1260. The molecule has 4 rings (SSSR count). The molecule has 30 heavy (non-hydrogen) atoms. The fourth-order valence-electron chi connectivity index (χ4n) is 2.92. The van der Waals surface area contributed by atoms with Crippen LogP contribution in [-0.2, 0) is 0 Å². The molecule has 0 saturated carbocycles. The number of thiazole rings is 1. The number of aromatic hydroxyl groups is 1. The van der Waals surface area contributed by atoms with Crippen molar-refractivity contribution < 1.29 is 9.84 Å². The van der Waals surface area contributed by atoms with Crippen LogP contribution in [-0.4, -0.2) is 21.8 Å². The molecule has 0 bridgehead atoms. The van der Waals surface area contributed by atoms with Crippen molar-refractivity contribution in [3.05, 3.63) is 87.0 Å². The van der Waals surface area contributed by atoms with Gasteiger partial charge in [-0.05, 0) is 72.4 Å². The lowest BCUT2D eigenvalue weighted by Gasteiger charge is -2.06. The molecule has 1 N–H and O–H groups in total. The Labute approximate surface area is 188 Å². The van der Waals surface area contributed by atoms with Gasteiger partial charge in [0.25, 0.3) is 0 Å². The second kappa shape index (κ2) is 8.83. The minimum Gasteiger partial charge on any atom is -0.497 e. The molecule has 4 aromatic rings. The van der Waals surface area contributed by atoms with Crippen LogP contribution < -0.4 is 4.74 Å². The van der Waals surface area contributed by atoms with E-state index < -0.39 is 0 Å². The van der Waals surface area contributed by atoms with Crippen LogP contribution in [0.15, 0.2) is 66.7 Å². The number of rotatable bonds is 5. The molecule has 150 valence electrons. The van der Waals surface area contributed by atoms with E-state index in [0.29, 0.717) is 19.5 Å². The number of aromatic nitrogens is 2. The molecule has 0 aliphatic heterocycles. The van der Waals surface area contributed by atoms with Crippen LogP contribution in [0.5, 0.6) is 11.6 Å². The first kappa shape index (κ1) is 20.3. The van der Waals surface area contributed by atoms with Crippen LogP contribution in [0, 0.1) is 3.95 Å². The molecular formula is C23H17ClN2O2S2. The van der Waals surface area contributed by atoms with E-state index in [1.54, 1.807) is 11.7 Å². The van der Waals surface area contributed by atoms with Crippen molar-refractivity contribution in [3.8, 4) is 27.9 Å². The molecule has 0 radical (unpaired) electrons. The summed E-state index contributed by atoms with van der Waals surface area (Å²) in [6.07, 6.45) is 3.89. The largest absolute Gasteiger partial charge is 0.497 e. The molecule has 2 heterocycles. The molecule has 4 nitrogen and oxygen atoms in total. The molecule has 0 aliphatic rings. The molecule has 2 aromatic heterocycles. The molecule has 2 aromatic carbocycles. The van der Waals surface area contributed by atoms with Crippen molar-refractivity contribution >= 4 is 47.3 Å². The van der Waals surface area contributed by atoms with E-state index >= 15 is 0 Å². The third-order valence-electron chi connectivity index (χ3n) is 4.44. The Morgan fingerprint density at radius 3 is 2.47 bits per heavy atom. The smallest absolute Gasteiger partial charge is 0.217 e. The summed E-state index contributed by atoms with van der Waals surface area (Å²) in [6.45, 7) is 0. The van der Waals surface area contributed by atoms with Crippen molar-refractivity contribution in [2.45, 2.75) is 0 Å². The lowest BCUT2D eigenvalue weighted by Crippen LogP contribution is -1.93. The molecule has 0 aliphatic carbocycles. The SMILES string of the molecule is COc1ccc(-n2c(O)c(-c3cccc(/C=C/c4ccc(Cl)cc4)n3)sc2=S)cc1. The van der Waals surface area contributed by atoms with Crippen molar-refractivity contribution in [2.24, 2.45) is 0 Å². The molecule has 0 spiro atoms. The average molecular weight is 453 g/mol. The molecule has 7 heteroatoms. The zero-order valence-electron chi connectivity index (χ0n) is 15.9. The molecular weight excluding hydrogens is 436 g/mol. The number of benzene rings is 2. The monoisotopic (exact) mass is 452 g/mol. The highest BCUT2D eigenvalue weighted by Gasteiger charge is 2.16. The zero-order chi connectivity index (χ0) is 21.1. The Hall–Kier alpha value is -2.93. The first-order valence-electron chi connectivity index (χ1n) is 9.05. The van der Waals surface area contributed by atoms with Gasteiger partial charge in [0.15, 0.2) is 3.95 Å². The standard InChI is InChI=1S/C23H17ClN2O2S2/c1-28-19-13-11-18(12-14-19)26-22(27)21(30-23(26)29)20-4-2-3-17(25-20)10-7-15-5-8-16(24)9-6-15/h2-14,27H,1H3/b10-7+. The third-order valence-corrected chi connectivity index (χ3v) is 6.07. The third kappa shape index (κ3) is 4.31. The molecule has 0 unspecified atom stereocenters. The maximum Gasteiger partial charge on any atom is 0.217 e. The van der Waals surface area contributed by atoms with Crippen LogP contribution >= 0.6 is 35.2 Å². The molecule has 0 atom stereocenters. The van der Waals surface area contributed by atoms with Gasteiger partial charge in [-0.2, -0.15) is 0 Å². The van der Waals surface area contributed by atoms with E-state index in [9.17, 15) is 5.11 Å². The van der Waals surface area contributed by atoms with E-state index in [4.69, 9.17) is 28.6 Å². The van der Waals surface area contributed by atoms with Gasteiger partial charge in [0.1, 0.15) is 10.6 Å². The van der Waals surface area contributed by atoms with Gasteiger partial charge in [-0.1, -0.05) is 47.2 Å². The van der Waals surface area contributed by atoms with Crippen LogP contribution in [0.25, 0.3) is 28.4 Å². The van der Waals surface area contributed by atoms with Gasteiger partial charge in [0.05, 0.1) is 24.2 Å². The maximum atomic E-state index is 10.9. The van der Waals surface area contributed by atoms with E-state index in [1.165, 1.54) is 11.3 Å². The minimum absolute atomic E-state index is 0.0708. The summed E-state index contributed by atoms with van der Waals surface area (Å²) >= 11 is 12.7. The van der Waals surface area contributed by atoms with E-state index in [2.05, 4.69) is 4.98 Å². The second-order valence-corrected chi connectivity index (χ2v) is 8.47. The van der Waals surface area contributed by atoms with Crippen LogP contribution in [0.4, 0.5) is 0 Å². The quantitative estimate of drug-likeness (QED) is 0.336. The van der Waals surface area contributed by atoms with Gasteiger partial charge in [-0.3, -0.25) is 4.57 Å². The molecule has 0 fully saturated rings. The average Bonchev–Trinajstić information content (AvgIpc) is 3.07. The maximum absolute atomic E-state index is 10.9. The van der Waals surface area contributed by atoms with Gasteiger partial charge < -0.3 is 9.84 Å². The highest BCUT2D eigenvalue weighted by atomic mass is 35.5. The van der Waals surface area contributed by atoms with Gasteiger partial charge in [-0.25, -0.2) is 4.98 Å². The highest BCUT2D eigenvalue weighted by Crippen LogP contribution is 2.37. The number of nitrogens with zero attached hydrogens (tertiary/aromatic N) is 2. The summed E-state index contributed by atoms with van der Waals surface area (Å²) in [4.78, 5) is 5.29. The Morgan fingerprint density at radius 2 is 1.77 bits per heavy atom. The Kier molecular flexibility index (Phi) is 5.99. The summed E-state index contributed by atoms with van der Waals surface area (Å²) in [7, 11) is 1.61. The van der Waals surface area contributed by atoms with Gasteiger partial charge in [-0.15, -0.1) is 0 Å². The second-order valence-electron chi connectivity index (χ2n) is 6.39. The van der Waals surface area contributed by atoms with E-state index in [1.807, 2.05) is 78.9 Å². The number of ether oxygens (including phenoxy) is 1.